The van der Waals surface area contributed by atoms with Crippen LogP contribution in [0, 0.1) is 5.92 Å². The Morgan fingerprint density at radius 1 is 1.25 bits per heavy atom. The van der Waals surface area contributed by atoms with Crippen molar-refractivity contribution < 1.29 is 4.79 Å². The van der Waals surface area contributed by atoms with Crippen molar-refractivity contribution in [2.75, 3.05) is 18.4 Å². The second-order valence-electron chi connectivity index (χ2n) is 4.91. The van der Waals surface area contributed by atoms with E-state index in [9.17, 15) is 4.79 Å². The van der Waals surface area contributed by atoms with E-state index in [0.29, 0.717) is 0 Å². The molecule has 1 saturated heterocycles. The van der Waals surface area contributed by atoms with Crippen LogP contribution in [0.15, 0.2) is 36.5 Å². The number of anilines is 1. The highest BCUT2D eigenvalue weighted by atomic mass is 32.1. The molecule has 0 unspecified atom stereocenters. The molecular formula is C15H17N3OS. The summed E-state index contributed by atoms with van der Waals surface area (Å²) in [5.41, 5.74) is 1.08. The summed E-state index contributed by atoms with van der Waals surface area (Å²) in [6.45, 7) is 1.85. The zero-order chi connectivity index (χ0) is 13.8. The molecule has 0 saturated carbocycles. The average molecular weight is 287 g/mol. The molecule has 1 aliphatic heterocycles. The summed E-state index contributed by atoms with van der Waals surface area (Å²) in [7, 11) is 0. The van der Waals surface area contributed by atoms with Crippen molar-refractivity contribution >= 4 is 22.2 Å². The highest BCUT2D eigenvalue weighted by molar-refractivity contribution is 7.19. The van der Waals surface area contributed by atoms with Crippen LogP contribution >= 0.6 is 11.3 Å². The molecule has 2 N–H and O–H groups in total. The maximum Gasteiger partial charge on any atom is 0.228 e. The maximum absolute atomic E-state index is 12.2. The molecule has 1 amide bonds. The van der Waals surface area contributed by atoms with Gasteiger partial charge in [0.15, 0.2) is 0 Å². The highest BCUT2D eigenvalue weighted by Crippen LogP contribution is 2.28. The van der Waals surface area contributed by atoms with Crippen LogP contribution in [0.5, 0.6) is 0 Å². The van der Waals surface area contributed by atoms with Crippen LogP contribution < -0.4 is 10.6 Å². The second-order valence-corrected chi connectivity index (χ2v) is 5.94. The fourth-order valence-electron chi connectivity index (χ4n) is 2.35. The van der Waals surface area contributed by atoms with Crippen molar-refractivity contribution in [3.8, 4) is 10.6 Å². The Morgan fingerprint density at radius 2 is 2.00 bits per heavy atom. The van der Waals surface area contributed by atoms with E-state index < -0.39 is 0 Å². The van der Waals surface area contributed by atoms with E-state index in [1.54, 1.807) is 6.20 Å². The monoisotopic (exact) mass is 287 g/mol. The molecule has 1 aliphatic rings. The quantitative estimate of drug-likeness (QED) is 0.912. The van der Waals surface area contributed by atoms with Crippen LogP contribution in [0.2, 0.25) is 0 Å². The van der Waals surface area contributed by atoms with E-state index in [1.165, 1.54) is 11.3 Å². The molecular weight excluding hydrogens is 270 g/mol. The zero-order valence-electron chi connectivity index (χ0n) is 11.1. The van der Waals surface area contributed by atoms with Gasteiger partial charge in [0, 0.05) is 11.5 Å². The van der Waals surface area contributed by atoms with Gasteiger partial charge >= 0.3 is 0 Å². The normalized spacial score (nSPS) is 16.0. The largest absolute Gasteiger partial charge is 0.317 e. The van der Waals surface area contributed by atoms with Crippen LogP contribution in [-0.4, -0.2) is 24.0 Å². The Morgan fingerprint density at radius 3 is 2.75 bits per heavy atom. The maximum atomic E-state index is 12.2. The van der Waals surface area contributed by atoms with Crippen molar-refractivity contribution in [2.24, 2.45) is 5.92 Å². The molecule has 1 fully saturated rings. The second kappa shape index (κ2) is 6.15. The Hall–Kier alpha value is -1.72. The lowest BCUT2D eigenvalue weighted by atomic mass is 9.97. The average Bonchev–Trinajstić information content (AvgIpc) is 2.97. The molecule has 0 aliphatic carbocycles. The van der Waals surface area contributed by atoms with E-state index in [2.05, 4.69) is 15.6 Å². The summed E-state index contributed by atoms with van der Waals surface area (Å²) in [5, 5.41) is 8.02. The number of nitrogens with zero attached hydrogens (tertiary/aromatic N) is 1. The van der Waals surface area contributed by atoms with Crippen LogP contribution in [0.3, 0.4) is 0 Å². The van der Waals surface area contributed by atoms with Crippen molar-refractivity contribution in [2.45, 2.75) is 12.8 Å². The summed E-state index contributed by atoms with van der Waals surface area (Å²) in [6, 6.07) is 10.0. The minimum absolute atomic E-state index is 0.120. The Kier molecular flexibility index (Phi) is 4.08. The van der Waals surface area contributed by atoms with Gasteiger partial charge < -0.3 is 10.6 Å². The third kappa shape index (κ3) is 3.05. The lowest BCUT2D eigenvalue weighted by Gasteiger charge is -2.21. The molecule has 2 aromatic rings. The minimum Gasteiger partial charge on any atom is -0.317 e. The van der Waals surface area contributed by atoms with Gasteiger partial charge in [-0.3, -0.25) is 4.79 Å². The zero-order valence-corrected chi connectivity index (χ0v) is 12.0. The number of aromatic nitrogens is 1. The molecule has 2 heterocycles. The van der Waals surface area contributed by atoms with Gasteiger partial charge in [-0.25, -0.2) is 4.98 Å². The Bertz CT molecular complexity index is 576. The van der Waals surface area contributed by atoms with Gasteiger partial charge in [-0.2, -0.15) is 0 Å². The fourth-order valence-corrected chi connectivity index (χ4v) is 3.18. The van der Waals surface area contributed by atoms with Gasteiger partial charge in [-0.15, -0.1) is 0 Å². The standard InChI is InChI=1S/C15H17N3OS/c19-14(11-6-8-16-9-7-11)18-13-10-17-15(20-13)12-4-2-1-3-5-12/h1-5,10-11,16H,6-9H2,(H,18,19). The predicted octanol–water partition coefficient (Wildman–Crippen LogP) is 2.75. The number of amides is 1. The number of carbonyl (C=O) groups is 1. The van der Waals surface area contributed by atoms with Crippen molar-refractivity contribution in [1.29, 1.82) is 0 Å². The topological polar surface area (TPSA) is 54.0 Å². The lowest BCUT2D eigenvalue weighted by Crippen LogP contribution is -2.34. The van der Waals surface area contributed by atoms with Gasteiger partial charge in [0.2, 0.25) is 5.91 Å². The molecule has 1 aromatic carbocycles. The van der Waals surface area contributed by atoms with Gasteiger partial charge in [0.25, 0.3) is 0 Å². The van der Waals surface area contributed by atoms with E-state index in [4.69, 9.17) is 0 Å². The molecule has 20 heavy (non-hydrogen) atoms. The number of rotatable bonds is 3. The van der Waals surface area contributed by atoms with Crippen molar-refractivity contribution in [3.05, 3.63) is 36.5 Å². The molecule has 0 spiro atoms. The first kappa shape index (κ1) is 13.3. The highest BCUT2D eigenvalue weighted by Gasteiger charge is 2.21. The minimum atomic E-state index is 0.120. The smallest absolute Gasteiger partial charge is 0.228 e. The number of hydrogen-bond donors (Lipinski definition) is 2. The first-order valence-electron chi connectivity index (χ1n) is 6.86. The summed E-state index contributed by atoms with van der Waals surface area (Å²) in [5.74, 6) is 0.244. The molecule has 0 bridgehead atoms. The number of benzene rings is 1. The molecule has 4 nitrogen and oxygen atoms in total. The van der Waals surface area contributed by atoms with Crippen LogP contribution in [0.4, 0.5) is 5.00 Å². The van der Waals surface area contributed by atoms with E-state index in [1.807, 2.05) is 30.3 Å². The van der Waals surface area contributed by atoms with Crippen LogP contribution in [0.25, 0.3) is 10.6 Å². The van der Waals surface area contributed by atoms with Gasteiger partial charge in [-0.05, 0) is 25.9 Å². The van der Waals surface area contributed by atoms with Crippen LogP contribution in [0.1, 0.15) is 12.8 Å². The number of piperidine rings is 1. The summed E-state index contributed by atoms with van der Waals surface area (Å²) >= 11 is 1.52. The molecule has 0 atom stereocenters. The molecule has 0 radical (unpaired) electrons. The van der Waals surface area contributed by atoms with Crippen LogP contribution in [-0.2, 0) is 4.79 Å². The first-order valence-corrected chi connectivity index (χ1v) is 7.67. The number of thiazole rings is 1. The fraction of sp³-hybridized carbons (Fsp3) is 0.333. The van der Waals surface area contributed by atoms with Gasteiger partial charge in [0.1, 0.15) is 10.0 Å². The predicted molar refractivity (Wildman–Crippen MR) is 81.8 cm³/mol. The number of hydrogen-bond acceptors (Lipinski definition) is 4. The molecule has 5 heteroatoms. The molecule has 1 aromatic heterocycles. The van der Waals surface area contributed by atoms with Gasteiger partial charge in [0.05, 0.1) is 6.20 Å². The lowest BCUT2D eigenvalue weighted by molar-refractivity contribution is -0.120. The third-order valence-corrected chi connectivity index (χ3v) is 4.44. The number of nitrogens with one attached hydrogen (secondary N) is 2. The van der Waals surface area contributed by atoms with E-state index in [-0.39, 0.29) is 11.8 Å². The number of carbonyl (C=O) groups excluding carboxylic acids is 1. The van der Waals surface area contributed by atoms with E-state index in [0.717, 1.165) is 41.5 Å². The molecule has 3 rings (SSSR count). The Labute approximate surface area is 122 Å². The van der Waals surface area contributed by atoms with Gasteiger partial charge in [-0.1, -0.05) is 41.7 Å². The van der Waals surface area contributed by atoms with Crippen molar-refractivity contribution in [3.63, 3.8) is 0 Å². The summed E-state index contributed by atoms with van der Waals surface area (Å²) < 4.78 is 0. The first-order chi connectivity index (χ1) is 9.83. The SMILES string of the molecule is O=C(Nc1cnc(-c2ccccc2)s1)C1CCNCC1. The Balaban J connectivity index is 1.66. The summed E-state index contributed by atoms with van der Waals surface area (Å²) in [6.07, 6.45) is 3.57. The molecule has 104 valence electrons. The van der Waals surface area contributed by atoms with E-state index >= 15 is 0 Å². The third-order valence-electron chi connectivity index (χ3n) is 3.48. The van der Waals surface area contributed by atoms with Crippen molar-refractivity contribution in [1.82, 2.24) is 10.3 Å². The summed E-state index contributed by atoms with van der Waals surface area (Å²) in [4.78, 5) is 16.5.